The van der Waals surface area contributed by atoms with Crippen molar-refractivity contribution in [3.05, 3.63) is 51.9 Å². The van der Waals surface area contributed by atoms with Crippen molar-refractivity contribution >= 4 is 34.7 Å². The second-order valence-electron chi connectivity index (χ2n) is 3.91. The number of aromatic nitrogens is 2. The molecule has 0 saturated carbocycles. The van der Waals surface area contributed by atoms with Gasteiger partial charge in [0.25, 0.3) is 5.91 Å². The fourth-order valence-corrected chi connectivity index (χ4v) is 2.34. The molecule has 0 bridgehead atoms. The molecule has 0 saturated heterocycles. The third-order valence-corrected chi connectivity index (χ3v) is 3.46. The molecule has 0 radical (unpaired) electrons. The molecule has 3 heterocycles. The van der Waals surface area contributed by atoms with Gasteiger partial charge in [-0.2, -0.15) is 11.3 Å². The quantitative estimate of drug-likeness (QED) is 0.749. The molecule has 3 aromatic heterocycles. The molecule has 0 aliphatic heterocycles. The van der Waals surface area contributed by atoms with Crippen molar-refractivity contribution in [2.45, 2.75) is 0 Å². The van der Waals surface area contributed by atoms with E-state index in [0.717, 1.165) is 5.56 Å². The Labute approximate surface area is 123 Å². The molecule has 100 valence electrons. The average Bonchev–Trinajstić information content (AvgIpc) is 3.09. The monoisotopic (exact) mass is 305 g/mol. The molecule has 0 aromatic carbocycles. The molecule has 0 atom stereocenters. The van der Waals surface area contributed by atoms with Gasteiger partial charge in [0, 0.05) is 23.2 Å². The lowest BCUT2D eigenvalue weighted by molar-refractivity contribution is 0.102. The highest BCUT2D eigenvalue weighted by Gasteiger charge is 2.11. The summed E-state index contributed by atoms with van der Waals surface area (Å²) in [5, 5.41) is 10.7. The van der Waals surface area contributed by atoms with Gasteiger partial charge >= 0.3 is 0 Å². The predicted octanol–water partition coefficient (Wildman–Crippen LogP) is 3.70. The van der Waals surface area contributed by atoms with Crippen LogP contribution in [0.5, 0.6) is 0 Å². The maximum Gasteiger partial charge on any atom is 0.259 e. The number of nitrogens with one attached hydrogen (secondary N) is 1. The van der Waals surface area contributed by atoms with Crippen LogP contribution in [0.4, 0.5) is 5.88 Å². The zero-order valence-electron chi connectivity index (χ0n) is 10.0. The highest BCUT2D eigenvalue weighted by Crippen LogP contribution is 2.24. The van der Waals surface area contributed by atoms with E-state index in [2.05, 4.69) is 15.5 Å². The lowest BCUT2D eigenvalue weighted by Crippen LogP contribution is -2.11. The maximum atomic E-state index is 11.9. The Hall–Kier alpha value is -2.18. The number of amides is 1. The van der Waals surface area contributed by atoms with Crippen molar-refractivity contribution in [3.63, 3.8) is 0 Å². The van der Waals surface area contributed by atoms with Crippen molar-refractivity contribution in [3.8, 4) is 11.3 Å². The van der Waals surface area contributed by atoms with Gasteiger partial charge in [0.1, 0.15) is 10.8 Å². The molecule has 0 spiro atoms. The Morgan fingerprint density at radius 1 is 1.35 bits per heavy atom. The average molecular weight is 306 g/mol. The van der Waals surface area contributed by atoms with Gasteiger partial charge in [-0.15, -0.1) is 0 Å². The lowest BCUT2D eigenvalue weighted by atomic mass is 10.2. The first-order chi connectivity index (χ1) is 9.72. The molecule has 1 N–H and O–H groups in total. The smallest absolute Gasteiger partial charge is 0.259 e. The van der Waals surface area contributed by atoms with Crippen LogP contribution in [-0.2, 0) is 0 Å². The zero-order valence-corrected chi connectivity index (χ0v) is 11.6. The van der Waals surface area contributed by atoms with Gasteiger partial charge in [0.15, 0.2) is 0 Å². The van der Waals surface area contributed by atoms with E-state index in [-0.39, 0.29) is 11.8 Å². The maximum absolute atomic E-state index is 11.9. The molecule has 1 amide bonds. The van der Waals surface area contributed by atoms with E-state index in [1.807, 2.05) is 16.8 Å². The molecule has 7 heteroatoms. The number of thiophene rings is 1. The van der Waals surface area contributed by atoms with Crippen molar-refractivity contribution in [1.29, 1.82) is 0 Å². The van der Waals surface area contributed by atoms with Gasteiger partial charge in [-0.3, -0.25) is 10.1 Å². The van der Waals surface area contributed by atoms with Crippen LogP contribution in [0, 0.1) is 0 Å². The highest BCUT2D eigenvalue weighted by atomic mass is 35.5. The minimum absolute atomic E-state index is 0.283. The van der Waals surface area contributed by atoms with Crippen LogP contribution < -0.4 is 5.32 Å². The molecule has 3 rings (SSSR count). The molecule has 3 aromatic rings. The first-order valence-electron chi connectivity index (χ1n) is 5.64. The Kier molecular flexibility index (Phi) is 3.49. The summed E-state index contributed by atoms with van der Waals surface area (Å²) in [5.41, 5.74) is 2.02. The second-order valence-corrected chi connectivity index (χ2v) is 5.08. The largest absolute Gasteiger partial charge is 0.338 e. The van der Waals surface area contributed by atoms with Gasteiger partial charge in [0.05, 0.1) is 5.56 Å². The summed E-state index contributed by atoms with van der Waals surface area (Å²) in [6.07, 6.45) is 1.40. The molecule has 0 aliphatic rings. The van der Waals surface area contributed by atoms with Gasteiger partial charge < -0.3 is 4.52 Å². The Bertz CT molecular complexity index is 722. The molecule has 20 heavy (non-hydrogen) atoms. The Morgan fingerprint density at radius 3 is 2.95 bits per heavy atom. The summed E-state index contributed by atoms with van der Waals surface area (Å²) in [6.45, 7) is 0. The standard InChI is InChI=1S/C13H8ClN3O2S/c14-11-2-1-8(6-15-11)13(18)16-12-5-10(17-19-12)9-3-4-20-7-9/h1-7H,(H,16,18). The number of hydrogen-bond acceptors (Lipinski definition) is 5. The van der Waals surface area contributed by atoms with Gasteiger partial charge in [-0.1, -0.05) is 16.8 Å². The number of nitrogens with zero attached hydrogens (tertiary/aromatic N) is 2. The zero-order chi connectivity index (χ0) is 13.9. The van der Waals surface area contributed by atoms with E-state index in [0.29, 0.717) is 16.4 Å². The summed E-state index contributed by atoms with van der Waals surface area (Å²) in [6, 6.07) is 6.73. The fourth-order valence-electron chi connectivity index (χ4n) is 1.57. The summed E-state index contributed by atoms with van der Waals surface area (Å²) in [7, 11) is 0. The summed E-state index contributed by atoms with van der Waals surface area (Å²) < 4.78 is 5.08. The molecule has 0 fully saturated rings. The van der Waals surface area contributed by atoms with Crippen LogP contribution in [-0.4, -0.2) is 16.0 Å². The van der Waals surface area contributed by atoms with Gasteiger partial charge in [0.2, 0.25) is 5.88 Å². The van der Waals surface area contributed by atoms with Gasteiger partial charge in [-0.25, -0.2) is 4.98 Å². The van der Waals surface area contributed by atoms with E-state index in [4.69, 9.17) is 16.1 Å². The van der Waals surface area contributed by atoms with E-state index in [1.165, 1.54) is 6.20 Å². The number of pyridine rings is 1. The normalized spacial score (nSPS) is 10.4. The summed E-state index contributed by atoms with van der Waals surface area (Å²) in [4.78, 5) is 15.8. The molecule has 5 nitrogen and oxygen atoms in total. The number of hydrogen-bond donors (Lipinski definition) is 1. The van der Waals surface area contributed by atoms with E-state index in [9.17, 15) is 4.79 Å². The van der Waals surface area contributed by atoms with E-state index in [1.54, 1.807) is 29.5 Å². The second kappa shape index (κ2) is 5.44. The topological polar surface area (TPSA) is 68.0 Å². The first-order valence-corrected chi connectivity index (χ1v) is 6.96. The van der Waals surface area contributed by atoms with Crippen molar-refractivity contribution in [2.24, 2.45) is 0 Å². The van der Waals surface area contributed by atoms with Crippen LogP contribution in [0.2, 0.25) is 5.15 Å². The van der Waals surface area contributed by atoms with Crippen molar-refractivity contribution < 1.29 is 9.32 Å². The lowest BCUT2D eigenvalue weighted by Gasteiger charge is -2.00. The Morgan fingerprint density at radius 2 is 2.25 bits per heavy atom. The number of carbonyl (C=O) groups is 1. The van der Waals surface area contributed by atoms with E-state index < -0.39 is 0 Å². The van der Waals surface area contributed by atoms with Crippen LogP contribution >= 0.6 is 22.9 Å². The molecular weight excluding hydrogens is 298 g/mol. The van der Waals surface area contributed by atoms with Crippen molar-refractivity contribution in [1.82, 2.24) is 10.1 Å². The van der Waals surface area contributed by atoms with Crippen LogP contribution in [0.25, 0.3) is 11.3 Å². The number of halogens is 1. The number of rotatable bonds is 3. The first kappa shape index (κ1) is 12.8. The Balaban J connectivity index is 1.75. The van der Waals surface area contributed by atoms with Crippen molar-refractivity contribution in [2.75, 3.05) is 5.32 Å². The minimum Gasteiger partial charge on any atom is -0.338 e. The number of carbonyl (C=O) groups excluding carboxylic acids is 1. The minimum atomic E-state index is -0.331. The predicted molar refractivity (Wildman–Crippen MR) is 77.0 cm³/mol. The highest BCUT2D eigenvalue weighted by molar-refractivity contribution is 7.08. The number of anilines is 1. The third-order valence-electron chi connectivity index (χ3n) is 2.55. The van der Waals surface area contributed by atoms with Crippen LogP contribution in [0.15, 0.2) is 45.7 Å². The van der Waals surface area contributed by atoms with E-state index >= 15 is 0 Å². The van der Waals surface area contributed by atoms with Gasteiger partial charge in [-0.05, 0) is 23.6 Å². The molecule has 0 aliphatic carbocycles. The van der Waals surface area contributed by atoms with Crippen LogP contribution in [0.3, 0.4) is 0 Å². The summed E-state index contributed by atoms with van der Waals surface area (Å²) in [5.74, 6) is -0.0478. The fraction of sp³-hybridized carbons (Fsp3) is 0. The molecular formula is C13H8ClN3O2S. The summed E-state index contributed by atoms with van der Waals surface area (Å²) >= 11 is 7.23. The molecule has 0 unspecified atom stereocenters. The third kappa shape index (κ3) is 2.71. The SMILES string of the molecule is O=C(Nc1cc(-c2ccsc2)no1)c1ccc(Cl)nc1. The van der Waals surface area contributed by atoms with Crippen LogP contribution in [0.1, 0.15) is 10.4 Å².